The molecular weight excluding hydrogens is 460 g/mol. The quantitative estimate of drug-likeness (QED) is 0.339. The summed E-state index contributed by atoms with van der Waals surface area (Å²) in [7, 11) is 0. The van der Waals surface area contributed by atoms with Crippen LogP contribution in [0.2, 0.25) is 0 Å². The number of hydrogen-bond acceptors (Lipinski definition) is 3. The predicted molar refractivity (Wildman–Crippen MR) is 151 cm³/mol. The number of carboxylic acids is 1. The average Bonchev–Trinajstić information content (AvgIpc) is 3.52. The summed E-state index contributed by atoms with van der Waals surface area (Å²) < 4.78 is 0. The van der Waals surface area contributed by atoms with Crippen LogP contribution in [0, 0.1) is 13.8 Å². The molecule has 5 heterocycles. The Kier molecular flexibility index (Phi) is 6.52. The van der Waals surface area contributed by atoms with E-state index < -0.39 is 5.97 Å². The maximum absolute atomic E-state index is 11.4. The minimum atomic E-state index is -0.772. The number of aromatic amines is 2. The van der Waals surface area contributed by atoms with Gasteiger partial charge in [-0.25, -0.2) is 4.98 Å². The number of carboxylic acid groups (broad SMARTS) is 1. The van der Waals surface area contributed by atoms with E-state index in [0.29, 0.717) is 6.42 Å². The van der Waals surface area contributed by atoms with Crippen LogP contribution in [0.3, 0.4) is 0 Å². The van der Waals surface area contributed by atoms with Gasteiger partial charge in [-0.15, -0.1) is 0 Å². The summed E-state index contributed by atoms with van der Waals surface area (Å²) >= 11 is 0. The van der Waals surface area contributed by atoms with E-state index in [2.05, 4.69) is 81.8 Å². The second-order valence-corrected chi connectivity index (χ2v) is 10.4. The van der Waals surface area contributed by atoms with Gasteiger partial charge in [0.25, 0.3) is 0 Å². The van der Waals surface area contributed by atoms with Crippen molar-refractivity contribution in [3.05, 3.63) is 69.8 Å². The van der Waals surface area contributed by atoms with Crippen molar-refractivity contribution in [2.24, 2.45) is 0 Å². The number of aliphatic carboxylic acids is 1. The van der Waals surface area contributed by atoms with Crippen LogP contribution in [0.1, 0.15) is 98.3 Å². The molecule has 0 saturated heterocycles. The molecule has 5 rings (SSSR count). The van der Waals surface area contributed by atoms with Crippen LogP contribution in [0.5, 0.6) is 0 Å². The minimum Gasteiger partial charge on any atom is -0.481 e. The summed E-state index contributed by atoms with van der Waals surface area (Å²) in [5.74, 6) is -0.600. The Labute approximate surface area is 217 Å². The van der Waals surface area contributed by atoms with Crippen molar-refractivity contribution in [3.63, 3.8) is 0 Å². The highest BCUT2D eigenvalue weighted by molar-refractivity contribution is 5.92. The molecule has 0 radical (unpaired) electrons. The van der Waals surface area contributed by atoms with Crippen molar-refractivity contribution < 1.29 is 9.90 Å². The zero-order valence-corrected chi connectivity index (χ0v) is 22.6. The van der Waals surface area contributed by atoms with E-state index in [9.17, 15) is 9.90 Å². The fraction of sp³-hybridized carbons (Fsp3) is 0.387. The first kappa shape index (κ1) is 25.0. The molecule has 2 atom stereocenters. The molecule has 6 heteroatoms. The van der Waals surface area contributed by atoms with Crippen LogP contribution in [0.4, 0.5) is 0 Å². The van der Waals surface area contributed by atoms with Crippen molar-refractivity contribution in [1.82, 2.24) is 19.9 Å². The number of rotatable bonds is 5. The Morgan fingerprint density at radius 3 is 2.35 bits per heavy atom. The van der Waals surface area contributed by atoms with E-state index >= 15 is 0 Å². The van der Waals surface area contributed by atoms with E-state index in [-0.39, 0.29) is 18.3 Å². The lowest BCUT2D eigenvalue weighted by molar-refractivity contribution is -0.137. The van der Waals surface area contributed by atoms with Crippen LogP contribution in [-0.4, -0.2) is 31.0 Å². The number of aryl methyl sites for hydroxylation is 3. The second kappa shape index (κ2) is 9.66. The van der Waals surface area contributed by atoms with Crippen molar-refractivity contribution in [2.45, 2.75) is 79.1 Å². The van der Waals surface area contributed by atoms with Gasteiger partial charge in [0.1, 0.15) is 0 Å². The molecule has 0 spiro atoms. The molecule has 192 valence electrons. The lowest BCUT2D eigenvalue weighted by Crippen LogP contribution is -2.05. The SMILES string of the molecule is CCC1=C(C)c2cc3[nH]c(cc4nc(cc5cc(C)c(cc1n2)[nH]5)[C@H](CCC(=O)O)[C@@H]4C)c(C)c3CC. The van der Waals surface area contributed by atoms with E-state index in [0.717, 1.165) is 63.2 Å². The molecule has 0 aromatic carbocycles. The highest BCUT2D eigenvalue weighted by atomic mass is 16.4. The smallest absolute Gasteiger partial charge is 0.303 e. The number of aromatic nitrogens is 4. The first-order valence-electron chi connectivity index (χ1n) is 13.3. The molecule has 2 aliphatic heterocycles. The highest BCUT2D eigenvalue weighted by Gasteiger charge is 2.29. The number of hydrogen-bond donors (Lipinski definition) is 3. The molecule has 8 bridgehead atoms. The summed E-state index contributed by atoms with van der Waals surface area (Å²) in [4.78, 5) is 28.8. The zero-order valence-electron chi connectivity index (χ0n) is 22.6. The fourth-order valence-electron chi connectivity index (χ4n) is 5.92. The third-order valence-corrected chi connectivity index (χ3v) is 8.16. The van der Waals surface area contributed by atoms with Gasteiger partial charge in [-0.05, 0) is 98.2 Å². The molecule has 0 saturated carbocycles. The number of H-pyrrole nitrogens is 2. The molecular formula is C31H36N4O2. The van der Waals surface area contributed by atoms with Crippen LogP contribution in [-0.2, 0) is 11.2 Å². The minimum absolute atomic E-state index is 0.0502. The third kappa shape index (κ3) is 4.50. The number of nitrogens with zero attached hydrogens (tertiary/aromatic N) is 2. The summed E-state index contributed by atoms with van der Waals surface area (Å²) in [5, 5.41) is 9.38. The third-order valence-electron chi connectivity index (χ3n) is 8.16. The molecule has 6 nitrogen and oxygen atoms in total. The van der Waals surface area contributed by atoms with Crippen LogP contribution in [0.15, 0.2) is 30.3 Å². The largest absolute Gasteiger partial charge is 0.481 e. The van der Waals surface area contributed by atoms with Crippen LogP contribution in [0.25, 0.3) is 33.2 Å². The van der Waals surface area contributed by atoms with Gasteiger partial charge in [0.2, 0.25) is 0 Å². The first-order chi connectivity index (χ1) is 17.7. The average molecular weight is 497 g/mol. The van der Waals surface area contributed by atoms with Crippen molar-refractivity contribution >= 4 is 39.2 Å². The Bertz CT molecular complexity index is 1590. The fourth-order valence-corrected chi connectivity index (χ4v) is 5.92. The second-order valence-electron chi connectivity index (χ2n) is 10.4. The Morgan fingerprint density at radius 1 is 0.892 bits per heavy atom. The van der Waals surface area contributed by atoms with Crippen molar-refractivity contribution in [3.8, 4) is 0 Å². The van der Waals surface area contributed by atoms with Gasteiger partial charge < -0.3 is 15.1 Å². The van der Waals surface area contributed by atoms with Crippen molar-refractivity contribution in [2.75, 3.05) is 0 Å². The number of allylic oxidation sites excluding steroid dienone is 2. The normalized spacial score (nSPS) is 17.5. The Balaban J connectivity index is 1.87. The maximum atomic E-state index is 11.4. The molecule has 3 aromatic rings. The molecule has 0 fully saturated rings. The van der Waals surface area contributed by atoms with Gasteiger partial charge in [-0.2, -0.15) is 0 Å². The zero-order chi connectivity index (χ0) is 26.4. The van der Waals surface area contributed by atoms with E-state index in [1.54, 1.807) is 0 Å². The lowest BCUT2D eigenvalue weighted by atomic mass is 9.87. The molecule has 0 amide bonds. The van der Waals surface area contributed by atoms with Gasteiger partial charge in [-0.1, -0.05) is 20.8 Å². The number of nitrogens with one attached hydrogen (secondary N) is 2. The van der Waals surface area contributed by atoms with Crippen molar-refractivity contribution in [1.29, 1.82) is 0 Å². The van der Waals surface area contributed by atoms with E-state index in [4.69, 9.17) is 9.97 Å². The summed E-state index contributed by atoms with van der Waals surface area (Å²) in [6.45, 7) is 13.0. The molecule has 3 aromatic heterocycles. The molecule has 2 aliphatic rings. The summed E-state index contributed by atoms with van der Waals surface area (Å²) in [6, 6.07) is 10.7. The molecule has 37 heavy (non-hydrogen) atoms. The maximum Gasteiger partial charge on any atom is 0.303 e. The van der Waals surface area contributed by atoms with Gasteiger partial charge in [0.05, 0.1) is 11.4 Å². The molecule has 0 unspecified atom stereocenters. The molecule has 3 N–H and O–H groups in total. The van der Waals surface area contributed by atoms with Gasteiger partial charge in [-0.3, -0.25) is 9.78 Å². The standard InChI is InChI=1S/C31H36N4O2/c1-7-21-18(5)27-15-30-22(8-2)17(4)25(34-30)14-26-19(6)23(9-10-31(36)37)28(33-26)12-20-11-16(3)24(32-20)13-29(21)35-27/h11-15,19,23,32,34H,7-10H2,1-6H3,(H,36,37)/t19-,23+/m0/s1. The highest BCUT2D eigenvalue weighted by Crippen LogP contribution is 2.40. The topological polar surface area (TPSA) is 94.7 Å². The van der Waals surface area contributed by atoms with Crippen LogP contribution >= 0.6 is 0 Å². The summed E-state index contributed by atoms with van der Waals surface area (Å²) in [5.41, 5.74) is 14.2. The predicted octanol–water partition coefficient (Wildman–Crippen LogP) is 7.59. The first-order valence-corrected chi connectivity index (χ1v) is 13.3. The number of fused-ring (bicyclic) bond motifs is 8. The van der Waals surface area contributed by atoms with Gasteiger partial charge in [0.15, 0.2) is 0 Å². The monoisotopic (exact) mass is 496 g/mol. The molecule has 0 aliphatic carbocycles. The van der Waals surface area contributed by atoms with Gasteiger partial charge >= 0.3 is 5.97 Å². The lowest BCUT2D eigenvalue weighted by Gasteiger charge is -2.14. The summed E-state index contributed by atoms with van der Waals surface area (Å²) in [6.07, 6.45) is 2.52. The van der Waals surface area contributed by atoms with E-state index in [1.807, 2.05) is 0 Å². The number of carbonyl (C=O) groups is 1. The van der Waals surface area contributed by atoms with Gasteiger partial charge in [0, 0.05) is 51.7 Å². The van der Waals surface area contributed by atoms with E-state index in [1.165, 1.54) is 22.3 Å². The van der Waals surface area contributed by atoms with Crippen LogP contribution < -0.4 is 0 Å². The Morgan fingerprint density at radius 2 is 1.65 bits per heavy atom. The Hall–Kier alpha value is -3.67.